The summed E-state index contributed by atoms with van der Waals surface area (Å²) >= 11 is 5.68. The van der Waals surface area contributed by atoms with Gasteiger partial charge in [0.1, 0.15) is 0 Å². The molecule has 1 aromatic heterocycles. The summed E-state index contributed by atoms with van der Waals surface area (Å²) in [4.78, 5) is 14.1. The lowest BCUT2D eigenvalue weighted by molar-refractivity contribution is 0.0501. The Bertz CT molecular complexity index is 405. The molecule has 1 fully saturated rings. The number of carbonyl (C=O) groups is 1. The van der Waals surface area contributed by atoms with Crippen LogP contribution in [-0.4, -0.2) is 29.9 Å². The van der Waals surface area contributed by atoms with Gasteiger partial charge in [0, 0.05) is 19.1 Å². The molecule has 0 bridgehead atoms. The van der Waals surface area contributed by atoms with Crippen molar-refractivity contribution in [3.63, 3.8) is 0 Å². The van der Waals surface area contributed by atoms with E-state index in [0.717, 1.165) is 19.4 Å². The highest BCUT2D eigenvalue weighted by atomic mass is 35.5. The molecule has 2 N–H and O–H groups in total. The minimum atomic E-state index is -0.112. The van der Waals surface area contributed by atoms with E-state index in [4.69, 9.17) is 21.8 Å². The molecule has 0 radical (unpaired) electrons. The summed E-state index contributed by atoms with van der Waals surface area (Å²) < 4.78 is 5.16. The molecule has 17 heavy (non-hydrogen) atoms. The van der Waals surface area contributed by atoms with Crippen LogP contribution in [0.5, 0.6) is 0 Å². The Morgan fingerprint density at radius 1 is 1.65 bits per heavy atom. The third-order valence-electron chi connectivity index (χ3n) is 3.40. The second kappa shape index (κ2) is 5.10. The average Bonchev–Trinajstić information content (AvgIpc) is 2.74. The fraction of sp³-hybridized carbons (Fsp3) is 0.583. The van der Waals surface area contributed by atoms with E-state index in [0.29, 0.717) is 18.2 Å². The third-order valence-corrected chi connectivity index (χ3v) is 3.61. The summed E-state index contributed by atoms with van der Waals surface area (Å²) in [7, 11) is 0. The largest absolute Gasteiger partial charge is 0.440 e. The quantitative estimate of drug-likeness (QED) is 0.882. The first-order chi connectivity index (χ1) is 8.13. The molecule has 94 valence electrons. The first kappa shape index (κ1) is 12.5. The number of likely N-dealkylation sites (tertiary alicyclic amines) is 1. The number of piperidine rings is 1. The molecule has 1 aliphatic heterocycles. The zero-order chi connectivity index (χ0) is 12.4. The number of nitrogens with two attached hydrogens (primary N) is 1. The Balaban J connectivity index is 2.17. The Labute approximate surface area is 106 Å². The van der Waals surface area contributed by atoms with Gasteiger partial charge in [-0.3, -0.25) is 4.79 Å². The van der Waals surface area contributed by atoms with Gasteiger partial charge in [0.15, 0.2) is 11.0 Å². The lowest BCUT2D eigenvalue weighted by Gasteiger charge is -2.38. The first-order valence-corrected chi connectivity index (χ1v) is 6.27. The molecule has 0 unspecified atom stereocenters. The Kier molecular flexibility index (Phi) is 3.74. The Morgan fingerprint density at radius 3 is 3.00 bits per heavy atom. The highest BCUT2D eigenvalue weighted by Gasteiger charge is 2.32. The average molecular weight is 257 g/mol. The van der Waals surface area contributed by atoms with E-state index in [2.05, 4.69) is 6.92 Å². The highest BCUT2D eigenvalue weighted by Crippen LogP contribution is 2.25. The molecule has 2 rings (SSSR count). The van der Waals surface area contributed by atoms with Crippen molar-refractivity contribution in [3.05, 3.63) is 23.1 Å². The normalized spacial score (nSPS) is 25.0. The Morgan fingerprint density at radius 2 is 2.41 bits per heavy atom. The minimum Gasteiger partial charge on any atom is -0.440 e. The number of furan rings is 1. The second-order valence-corrected chi connectivity index (χ2v) is 4.90. The monoisotopic (exact) mass is 256 g/mol. The van der Waals surface area contributed by atoms with Gasteiger partial charge in [0.25, 0.3) is 5.91 Å². The molecular formula is C12H17ClN2O2. The molecule has 1 saturated heterocycles. The highest BCUT2D eigenvalue weighted by molar-refractivity contribution is 6.29. The molecule has 2 heterocycles. The van der Waals surface area contributed by atoms with Crippen molar-refractivity contribution in [3.8, 4) is 0 Å². The summed E-state index contributed by atoms with van der Waals surface area (Å²) in [5.41, 5.74) is 5.75. The standard InChI is InChI=1S/C12H17ClN2O2/c1-8-3-2-6-15(9(8)7-14)12(16)10-4-5-11(13)17-10/h4-5,8-9H,2-3,6-7,14H2,1H3/t8-,9+/m1/s1. The van der Waals surface area contributed by atoms with Gasteiger partial charge in [-0.15, -0.1) is 0 Å². The van der Waals surface area contributed by atoms with Gasteiger partial charge in [-0.25, -0.2) is 0 Å². The molecule has 0 aromatic carbocycles. The van der Waals surface area contributed by atoms with Crippen molar-refractivity contribution in [1.82, 2.24) is 4.90 Å². The maximum atomic E-state index is 12.2. The van der Waals surface area contributed by atoms with Crippen molar-refractivity contribution in [2.24, 2.45) is 11.7 Å². The van der Waals surface area contributed by atoms with Crippen molar-refractivity contribution in [2.45, 2.75) is 25.8 Å². The van der Waals surface area contributed by atoms with Crippen LogP contribution in [0.15, 0.2) is 16.5 Å². The SMILES string of the molecule is C[C@@H]1CCCN(C(=O)c2ccc(Cl)o2)[C@H]1CN. The van der Waals surface area contributed by atoms with Crippen LogP contribution in [-0.2, 0) is 0 Å². The minimum absolute atomic E-state index is 0.0973. The van der Waals surface area contributed by atoms with Crippen LogP contribution >= 0.6 is 11.6 Å². The molecule has 1 aromatic rings. The molecule has 2 atom stereocenters. The van der Waals surface area contributed by atoms with Gasteiger partial charge >= 0.3 is 0 Å². The summed E-state index contributed by atoms with van der Waals surface area (Å²) in [5.74, 6) is 0.615. The van der Waals surface area contributed by atoms with Gasteiger partial charge in [-0.05, 0) is 42.5 Å². The number of halogens is 1. The fourth-order valence-electron chi connectivity index (χ4n) is 2.43. The molecule has 4 nitrogen and oxygen atoms in total. The molecule has 1 amide bonds. The van der Waals surface area contributed by atoms with E-state index < -0.39 is 0 Å². The van der Waals surface area contributed by atoms with E-state index in [1.807, 2.05) is 4.90 Å². The lowest BCUT2D eigenvalue weighted by Crippen LogP contribution is -2.51. The molecule has 5 heteroatoms. The summed E-state index contributed by atoms with van der Waals surface area (Å²) in [5, 5.41) is 0.239. The fourth-order valence-corrected chi connectivity index (χ4v) is 2.58. The van der Waals surface area contributed by atoms with Gasteiger partial charge in [0.2, 0.25) is 0 Å². The lowest BCUT2D eigenvalue weighted by atomic mass is 9.90. The number of hydrogen-bond donors (Lipinski definition) is 1. The van der Waals surface area contributed by atoms with E-state index in [1.54, 1.807) is 12.1 Å². The maximum absolute atomic E-state index is 12.2. The summed E-state index contributed by atoms with van der Waals surface area (Å²) in [6, 6.07) is 3.29. The zero-order valence-corrected chi connectivity index (χ0v) is 10.6. The topological polar surface area (TPSA) is 59.5 Å². The van der Waals surface area contributed by atoms with Crippen molar-refractivity contribution < 1.29 is 9.21 Å². The number of nitrogens with zero attached hydrogens (tertiary/aromatic N) is 1. The van der Waals surface area contributed by atoms with Crippen molar-refractivity contribution in [1.29, 1.82) is 0 Å². The molecule has 0 aliphatic carbocycles. The van der Waals surface area contributed by atoms with Crippen molar-refractivity contribution >= 4 is 17.5 Å². The molecule has 1 aliphatic rings. The number of amides is 1. The van der Waals surface area contributed by atoms with Crippen LogP contribution < -0.4 is 5.73 Å². The van der Waals surface area contributed by atoms with Crippen LogP contribution in [0.1, 0.15) is 30.3 Å². The van der Waals surface area contributed by atoms with E-state index in [9.17, 15) is 4.79 Å². The number of carbonyl (C=O) groups excluding carboxylic acids is 1. The zero-order valence-electron chi connectivity index (χ0n) is 9.86. The van der Waals surface area contributed by atoms with Crippen LogP contribution in [0.25, 0.3) is 0 Å². The predicted molar refractivity (Wildman–Crippen MR) is 66.0 cm³/mol. The third kappa shape index (κ3) is 2.48. The van der Waals surface area contributed by atoms with E-state index in [-0.39, 0.29) is 17.2 Å². The molecule has 0 saturated carbocycles. The maximum Gasteiger partial charge on any atom is 0.289 e. The van der Waals surface area contributed by atoms with Crippen molar-refractivity contribution in [2.75, 3.05) is 13.1 Å². The smallest absolute Gasteiger partial charge is 0.289 e. The van der Waals surface area contributed by atoms with Gasteiger partial charge in [0.05, 0.1) is 0 Å². The summed E-state index contributed by atoms with van der Waals surface area (Å²) in [6.07, 6.45) is 2.13. The van der Waals surface area contributed by atoms with Crippen LogP contribution in [0.4, 0.5) is 0 Å². The number of hydrogen-bond acceptors (Lipinski definition) is 3. The van der Waals surface area contributed by atoms with E-state index in [1.165, 1.54) is 0 Å². The van der Waals surface area contributed by atoms with Gasteiger partial charge in [-0.1, -0.05) is 6.92 Å². The van der Waals surface area contributed by atoms with Gasteiger partial charge in [-0.2, -0.15) is 0 Å². The number of rotatable bonds is 2. The second-order valence-electron chi connectivity index (χ2n) is 4.52. The molecular weight excluding hydrogens is 240 g/mol. The first-order valence-electron chi connectivity index (χ1n) is 5.90. The van der Waals surface area contributed by atoms with Gasteiger partial charge < -0.3 is 15.1 Å². The summed E-state index contributed by atoms with van der Waals surface area (Å²) in [6.45, 7) is 3.36. The van der Waals surface area contributed by atoms with Crippen LogP contribution in [0, 0.1) is 5.92 Å². The van der Waals surface area contributed by atoms with Crippen LogP contribution in [0.2, 0.25) is 5.22 Å². The van der Waals surface area contributed by atoms with E-state index >= 15 is 0 Å². The predicted octanol–water partition coefficient (Wildman–Crippen LogP) is 2.13. The molecule has 0 spiro atoms. The van der Waals surface area contributed by atoms with Crippen LogP contribution in [0.3, 0.4) is 0 Å². The Hall–Kier alpha value is -1.00.